The molecule has 134 valence electrons. The minimum atomic E-state index is -0.863. The molecule has 7 heteroatoms. The molecule has 1 aliphatic heterocycles. The van der Waals surface area contributed by atoms with Gasteiger partial charge in [-0.3, -0.25) is 14.5 Å². The molecule has 1 saturated heterocycles. The highest BCUT2D eigenvalue weighted by molar-refractivity contribution is 6.30. The van der Waals surface area contributed by atoms with Crippen molar-refractivity contribution in [1.82, 2.24) is 15.5 Å². The molecule has 0 spiro atoms. The van der Waals surface area contributed by atoms with E-state index in [-0.39, 0.29) is 30.3 Å². The van der Waals surface area contributed by atoms with Crippen LogP contribution in [-0.4, -0.2) is 34.8 Å². The molecule has 2 fully saturated rings. The highest BCUT2D eigenvalue weighted by Crippen LogP contribution is 2.42. The van der Waals surface area contributed by atoms with Gasteiger partial charge in [-0.2, -0.15) is 0 Å². The van der Waals surface area contributed by atoms with Gasteiger partial charge >= 0.3 is 6.03 Å². The van der Waals surface area contributed by atoms with Crippen molar-refractivity contribution in [3.63, 3.8) is 0 Å². The van der Waals surface area contributed by atoms with E-state index < -0.39 is 11.6 Å². The minimum Gasteiger partial charge on any atom is -0.348 e. The number of hydrogen-bond donors (Lipinski definition) is 2. The van der Waals surface area contributed by atoms with E-state index in [1.54, 1.807) is 19.1 Å². The number of amides is 4. The number of nitrogens with zero attached hydrogens (tertiary/aromatic N) is 1. The Labute approximate surface area is 151 Å². The van der Waals surface area contributed by atoms with Crippen LogP contribution in [0.1, 0.15) is 44.7 Å². The maximum absolute atomic E-state index is 12.6. The van der Waals surface area contributed by atoms with E-state index in [9.17, 15) is 14.4 Å². The first-order valence-corrected chi connectivity index (χ1v) is 8.92. The maximum Gasteiger partial charge on any atom is 0.325 e. The standard InChI is InChI=1S/C18H22ClN3O3/c1-3-14(11-4-8-13(19)9-5-11)20-15(23)10-22-16(24)18(2,12-6-7-12)21-17(22)25/h4-5,8-9,12,14H,3,6-7,10H2,1-2H3,(H,20,23)(H,21,25). The molecule has 2 N–H and O–H groups in total. The van der Waals surface area contributed by atoms with Gasteiger partial charge in [-0.25, -0.2) is 4.79 Å². The number of benzene rings is 1. The molecule has 0 bridgehead atoms. The Bertz CT molecular complexity index is 702. The van der Waals surface area contributed by atoms with Crippen molar-refractivity contribution < 1.29 is 14.4 Å². The Morgan fingerprint density at radius 2 is 2.00 bits per heavy atom. The number of rotatable bonds is 6. The average molecular weight is 364 g/mol. The molecule has 4 amide bonds. The lowest BCUT2D eigenvalue weighted by Gasteiger charge is -2.22. The lowest BCUT2D eigenvalue weighted by atomic mass is 9.96. The smallest absolute Gasteiger partial charge is 0.325 e. The Hall–Kier alpha value is -2.08. The number of nitrogens with one attached hydrogen (secondary N) is 2. The van der Waals surface area contributed by atoms with E-state index in [2.05, 4.69) is 10.6 Å². The van der Waals surface area contributed by atoms with E-state index in [0.717, 1.165) is 23.3 Å². The van der Waals surface area contributed by atoms with Crippen molar-refractivity contribution in [2.45, 2.75) is 44.7 Å². The summed E-state index contributed by atoms with van der Waals surface area (Å²) in [6, 6.07) is 6.56. The quantitative estimate of drug-likeness (QED) is 0.762. The highest BCUT2D eigenvalue weighted by atomic mass is 35.5. The minimum absolute atomic E-state index is 0.175. The molecule has 1 heterocycles. The maximum atomic E-state index is 12.6. The molecule has 2 unspecified atom stereocenters. The van der Waals surface area contributed by atoms with Crippen molar-refractivity contribution in [2.75, 3.05) is 6.54 Å². The molecule has 1 aromatic rings. The summed E-state index contributed by atoms with van der Waals surface area (Å²) < 4.78 is 0. The Morgan fingerprint density at radius 1 is 1.36 bits per heavy atom. The van der Waals surface area contributed by atoms with Crippen LogP contribution >= 0.6 is 11.6 Å². The first-order valence-electron chi connectivity index (χ1n) is 8.54. The van der Waals surface area contributed by atoms with Crippen LogP contribution in [0.25, 0.3) is 0 Å². The summed E-state index contributed by atoms with van der Waals surface area (Å²) in [6.45, 7) is 3.43. The predicted octanol–water partition coefficient (Wildman–Crippen LogP) is 2.63. The van der Waals surface area contributed by atoms with Crippen molar-refractivity contribution >= 4 is 29.4 Å². The van der Waals surface area contributed by atoms with Crippen LogP contribution in [-0.2, 0) is 9.59 Å². The molecule has 2 aliphatic rings. The molecule has 3 rings (SSSR count). The first kappa shape index (κ1) is 17.7. The number of imide groups is 1. The van der Waals surface area contributed by atoms with Crippen LogP contribution < -0.4 is 10.6 Å². The first-order chi connectivity index (χ1) is 11.8. The summed E-state index contributed by atoms with van der Waals surface area (Å²) in [6.07, 6.45) is 2.54. The monoisotopic (exact) mass is 363 g/mol. The van der Waals surface area contributed by atoms with E-state index in [1.807, 2.05) is 19.1 Å². The zero-order valence-electron chi connectivity index (χ0n) is 14.3. The van der Waals surface area contributed by atoms with Gasteiger partial charge in [-0.1, -0.05) is 30.7 Å². The number of urea groups is 1. The van der Waals surface area contributed by atoms with Gasteiger partial charge in [0.1, 0.15) is 12.1 Å². The van der Waals surface area contributed by atoms with Gasteiger partial charge in [-0.05, 0) is 49.8 Å². The lowest BCUT2D eigenvalue weighted by Crippen LogP contribution is -2.47. The van der Waals surface area contributed by atoms with Gasteiger partial charge in [-0.15, -0.1) is 0 Å². The molecule has 1 saturated carbocycles. The Morgan fingerprint density at radius 3 is 2.56 bits per heavy atom. The summed E-state index contributed by atoms with van der Waals surface area (Å²) in [5, 5.41) is 6.26. The predicted molar refractivity (Wildman–Crippen MR) is 94.0 cm³/mol. The van der Waals surface area contributed by atoms with E-state index in [1.165, 1.54) is 0 Å². The van der Waals surface area contributed by atoms with Crippen molar-refractivity contribution in [1.29, 1.82) is 0 Å². The number of hydrogen-bond acceptors (Lipinski definition) is 3. The lowest BCUT2D eigenvalue weighted by molar-refractivity contribution is -0.135. The summed E-state index contributed by atoms with van der Waals surface area (Å²) >= 11 is 5.89. The largest absolute Gasteiger partial charge is 0.348 e. The van der Waals surface area contributed by atoms with Crippen molar-refractivity contribution in [3.8, 4) is 0 Å². The molecule has 0 radical (unpaired) electrons. The average Bonchev–Trinajstić information content (AvgIpc) is 3.40. The fourth-order valence-electron chi connectivity index (χ4n) is 3.30. The fraction of sp³-hybridized carbons (Fsp3) is 0.500. The molecular formula is C18H22ClN3O3. The third-order valence-electron chi connectivity index (χ3n) is 5.01. The zero-order valence-corrected chi connectivity index (χ0v) is 15.1. The van der Waals surface area contributed by atoms with E-state index in [0.29, 0.717) is 11.4 Å². The SMILES string of the molecule is CCC(NC(=O)CN1C(=O)NC(C)(C2CC2)C1=O)c1ccc(Cl)cc1. The highest BCUT2D eigenvalue weighted by Gasteiger charge is 2.56. The Balaban J connectivity index is 1.64. The third kappa shape index (κ3) is 3.49. The van der Waals surface area contributed by atoms with Gasteiger partial charge in [0.05, 0.1) is 6.04 Å². The molecule has 0 aromatic heterocycles. The Kier molecular flexibility index (Phi) is 4.73. The summed E-state index contributed by atoms with van der Waals surface area (Å²) in [7, 11) is 0. The van der Waals surface area contributed by atoms with Crippen LogP contribution in [0, 0.1) is 5.92 Å². The second-order valence-electron chi connectivity index (χ2n) is 6.88. The zero-order chi connectivity index (χ0) is 18.2. The van der Waals surface area contributed by atoms with Crippen molar-refractivity contribution in [2.24, 2.45) is 5.92 Å². The normalized spacial score (nSPS) is 24.2. The van der Waals surface area contributed by atoms with Crippen molar-refractivity contribution in [3.05, 3.63) is 34.9 Å². The van der Waals surface area contributed by atoms with Gasteiger partial charge < -0.3 is 10.6 Å². The van der Waals surface area contributed by atoms with Gasteiger partial charge in [0.25, 0.3) is 5.91 Å². The molecule has 6 nitrogen and oxygen atoms in total. The molecule has 25 heavy (non-hydrogen) atoms. The number of halogens is 1. The van der Waals surface area contributed by atoms with Crippen LogP contribution in [0.2, 0.25) is 5.02 Å². The van der Waals surface area contributed by atoms with Gasteiger partial charge in [0, 0.05) is 5.02 Å². The molecular weight excluding hydrogens is 342 g/mol. The topological polar surface area (TPSA) is 78.5 Å². The van der Waals surface area contributed by atoms with Crippen LogP contribution in [0.15, 0.2) is 24.3 Å². The fourth-order valence-corrected chi connectivity index (χ4v) is 3.42. The van der Waals surface area contributed by atoms with Gasteiger partial charge in [0.15, 0.2) is 0 Å². The third-order valence-corrected chi connectivity index (χ3v) is 5.26. The van der Waals surface area contributed by atoms with Crippen LogP contribution in [0.5, 0.6) is 0 Å². The van der Waals surface area contributed by atoms with Gasteiger partial charge in [0.2, 0.25) is 5.91 Å². The summed E-state index contributed by atoms with van der Waals surface area (Å²) in [4.78, 5) is 38.1. The van der Waals surface area contributed by atoms with E-state index >= 15 is 0 Å². The summed E-state index contributed by atoms with van der Waals surface area (Å²) in [5.74, 6) is -0.491. The van der Waals surface area contributed by atoms with E-state index in [4.69, 9.17) is 11.6 Å². The number of carbonyl (C=O) groups is 3. The molecule has 1 aromatic carbocycles. The molecule has 1 aliphatic carbocycles. The second-order valence-corrected chi connectivity index (χ2v) is 7.31. The summed E-state index contributed by atoms with van der Waals surface area (Å²) in [5.41, 5.74) is 0.0674. The van der Waals surface area contributed by atoms with Crippen LogP contribution in [0.3, 0.4) is 0 Å². The second kappa shape index (κ2) is 6.67. The van der Waals surface area contributed by atoms with Crippen LogP contribution in [0.4, 0.5) is 4.79 Å². The molecule has 2 atom stereocenters. The number of carbonyl (C=O) groups excluding carboxylic acids is 3.